The van der Waals surface area contributed by atoms with Crippen molar-refractivity contribution in [3.05, 3.63) is 0 Å². The Labute approximate surface area is 99.7 Å². The van der Waals surface area contributed by atoms with E-state index in [1.54, 1.807) is 4.90 Å². The molecular formula is C12H16N2O3. The van der Waals surface area contributed by atoms with Gasteiger partial charge in [0.05, 0.1) is 13.0 Å². The van der Waals surface area contributed by atoms with Crippen LogP contribution in [0.25, 0.3) is 0 Å². The van der Waals surface area contributed by atoms with Gasteiger partial charge in [-0.2, -0.15) is 0 Å². The Bertz CT molecular complexity index is 389. The molecular weight excluding hydrogens is 220 g/mol. The van der Waals surface area contributed by atoms with Crippen molar-refractivity contribution < 1.29 is 14.4 Å². The van der Waals surface area contributed by atoms with Crippen molar-refractivity contribution in [2.75, 3.05) is 19.6 Å². The number of carbonyl (C=O) groups is 3. The predicted molar refractivity (Wildman–Crippen MR) is 59.0 cm³/mol. The number of nitrogens with zero attached hydrogens (tertiary/aromatic N) is 2. The lowest BCUT2D eigenvalue weighted by Gasteiger charge is -2.20. The van der Waals surface area contributed by atoms with E-state index >= 15 is 0 Å². The van der Waals surface area contributed by atoms with Gasteiger partial charge in [-0.3, -0.25) is 14.4 Å². The van der Waals surface area contributed by atoms with E-state index in [0.717, 1.165) is 19.4 Å². The summed E-state index contributed by atoms with van der Waals surface area (Å²) in [5, 5.41) is 0. The molecule has 3 aliphatic rings. The molecule has 17 heavy (non-hydrogen) atoms. The number of carbonyl (C=O) groups excluding carboxylic acids is 3. The quantitative estimate of drug-likeness (QED) is 0.638. The van der Waals surface area contributed by atoms with Gasteiger partial charge in [-0.15, -0.1) is 0 Å². The summed E-state index contributed by atoms with van der Waals surface area (Å²) in [7, 11) is 0. The smallest absolute Gasteiger partial charge is 0.230 e. The minimum atomic E-state index is -0.0766. The molecule has 5 nitrogen and oxygen atoms in total. The van der Waals surface area contributed by atoms with Gasteiger partial charge in [-0.25, -0.2) is 0 Å². The number of likely N-dealkylation sites (tertiary alicyclic amines) is 2. The van der Waals surface area contributed by atoms with E-state index < -0.39 is 0 Å². The van der Waals surface area contributed by atoms with E-state index in [4.69, 9.17) is 0 Å². The van der Waals surface area contributed by atoms with Crippen molar-refractivity contribution in [3.8, 4) is 0 Å². The summed E-state index contributed by atoms with van der Waals surface area (Å²) in [6.45, 7) is 1.58. The molecule has 0 N–H and O–H groups in total. The van der Waals surface area contributed by atoms with Crippen LogP contribution in [-0.2, 0) is 14.4 Å². The molecule has 0 bridgehead atoms. The topological polar surface area (TPSA) is 57.7 Å². The third kappa shape index (κ3) is 2.06. The summed E-state index contributed by atoms with van der Waals surface area (Å²) in [5.41, 5.74) is 0. The summed E-state index contributed by atoms with van der Waals surface area (Å²) in [5.74, 6) is 0.360. The maximum Gasteiger partial charge on any atom is 0.230 e. The monoisotopic (exact) mass is 236 g/mol. The van der Waals surface area contributed by atoms with Gasteiger partial charge < -0.3 is 9.80 Å². The van der Waals surface area contributed by atoms with Crippen LogP contribution in [0.4, 0.5) is 0 Å². The normalized spacial score (nSPS) is 29.6. The number of ketones is 1. The van der Waals surface area contributed by atoms with Crippen LogP contribution < -0.4 is 0 Å². The van der Waals surface area contributed by atoms with E-state index in [1.807, 2.05) is 4.90 Å². The Hall–Kier alpha value is -1.39. The van der Waals surface area contributed by atoms with E-state index in [0.29, 0.717) is 19.0 Å². The van der Waals surface area contributed by atoms with Crippen molar-refractivity contribution in [2.45, 2.75) is 31.7 Å². The van der Waals surface area contributed by atoms with Crippen LogP contribution in [0.1, 0.15) is 25.7 Å². The van der Waals surface area contributed by atoms with Crippen molar-refractivity contribution in [2.24, 2.45) is 5.92 Å². The summed E-state index contributed by atoms with van der Waals surface area (Å²) >= 11 is 0. The van der Waals surface area contributed by atoms with Crippen LogP contribution in [0.3, 0.4) is 0 Å². The summed E-state index contributed by atoms with van der Waals surface area (Å²) in [6, 6.07) is 0.461. The first kappa shape index (κ1) is 10.7. The second-order valence-electron chi connectivity index (χ2n) is 5.34. The minimum Gasteiger partial charge on any atom is -0.339 e. The van der Waals surface area contributed by atoms with E-state index in [-0.39, 0.29) is 36.5 Å². The third-order valence-electron chi connectivity index (χ3n) is 3.77. The van der Waals surface area contributed by atoms with Gasteiger partial charge >= 0.3 is 0 Å². The molecule has 2 aliphatic heterocycles. The van der Waals surface area contributed by atoms with Gasteiger partial charge in [0.1, 0.15) is 0 Å². The van der Waals surface area contributed by atoms with Crippen LogP contribution >= 0.6 is 0 Å². The number of hydrogen-bond donors (Lipinski definition) is 0. The fraction of sp³-hybridized carbons (Fsp3) is 0.750. The third-order valence-corrected chi connectivity index (χ3v) is 3.77. The second kappa shape index (κ2) is 3.82. The van der Waals surface area contributed by atoms with Gasteiger partial charge in [0, 0.05) is 31.5 Å². The van der Waals surface area contributed by atoms with Gasteiger partial charge in [0.2, 0.25) is 11.8 Å². The number of Topliss-reactive ketones (excluding diaryl/α,β-unsaturated/α-hetero) is 1. The van der Waals surface area contributed by atoms with Crippen molar-refractivity contribution in [1.29, 1.82) is 0 Å². The van der Waals surface area contributed by atoms with Gasteiger partial charge in [0.25, 0.3) is 0 Å². The lowest BCUT2D eigenvalue weighted by molar-refractivity contribution is -0.129. The first-order valence-corrected chi connectivity index (χ1v) is 6.22. The molecule has 92 valence electrons. The zero-order chi connectivity index (χ0) is 12.0. The van der Waals surface area contributed by atoms with Crippen molar-refractivity contribution in [1.82, 2.24) is 9.80 Å². The van der Waals surface area contributed by atoms with Crippen LogP contribution in [0.5, 0.6) is 0 Å². The highest BCUT2D eigenvalue weighted by Gasteiger charge is 2.40. The summed E-state index contributed by atoms with van der Waals surface area (Å²) in [4.78, 5) is 37.9. The highest BCUT2D eigenvalue weighted by atomic mass is 16.2. The average Bonchev–Trinajstić information content (AvgIpc) is 2.96. The molecule has 5 heteroatoms. The number of amides is 2. The van der Waals surface area contributed by atoms with Gasteiger partial charge in [-0.05, 0) is 12.8 Å². The largest absolute Gasteiger partial charge is 0.339 e. The molecule has 0 aromatic rings. The van der Waals surface area contributed by atoms with Gasteiger partial charge in [0.15, 0.2) is 5.78 Å². The van der Waals surface area contributed by atoms with Crippen LogP contribution in [0.15, 0.2) is 0 Å². The van der Waals surface area contributed by atoms with Gasteiger partial charge in [-0.1, -0.05) is 0 Å². The van der Waals surface area contributed by atoms with E-state index in [2.05, 4.69) is 0 Å². The van der Waals surface area contributed by atoms with Crippen LogP contribution in [-0.4, -0.2) is 53.1 Å². The van der Waals surface area contributed by atoms with Crippen LogP contribution in [0.2, 0.25) is 0 Å². The highest BCUT2D eigenvalue weighted by Crippen LogP contribution is 2.33. The zero-order valence-corrected chi connectivity index (χ0v) is 9.72. The number of hydrogen-bond acceptors (Lipinski definition) is 3. The molecule has 3 fully saturated rings. The summed E-state index contributed by atoms with van der Waals surface area (Å²) < 4.78 is 0. The molecule has 2 amide bonds. The maximum atomic E-state index is 11.7. The molecule has 3 rings (SSSR count). The first-order valence-electron chi connectivity index (χ1n) is 6.22. The Morgan fingerprint density at radius 2 is 1.88 bits per heavy atom. The van der Waals surface area contributed by atoms with E-state index in [9.17, 15) is 14.4 Å². The lowest BCUT2D eigenvalue weighted by Crippen LogP contribution is -2.33. The highest BCUT2D eigenvalue weighted by molar-refractivity contribution is 6.05. The molecule has 1 aliphatic carbocycles. The Morgan fingerprint density at radius 3 is 2.47 bits per heavy atom. The fourth-order valence-electron chi connectivity index (χ4n) is 2.79. The second-order valence-corrected chi connectivity index (χ2v) is 5.34. The number of rotatable bonds is 3. The fourth-order valence-corrected chi connectivity index (χ4v) is 2.79. The Kier molecular flexibility index (Phi) is 2.42. The zero-order valence-electron chi connectivity index (χ0n) is 9.72. The van der Waals surface area contributed by atoms with Crippen molar-refractivity contribution >= 4 is 17.6 Å². The standard InChI is InChI=1S/C12H16N2O3/c15-10-4-11(16)13(7-10)5-8-3-12(17)14(6-8)9-1-2-9/h8-9H,1-7H2. The minimum absolute atomic E-state index is 0.00151. The average molecular weight is 236 g/mol. The molecule has 2 saturated heterocycles. The van der Waals surface area contributed by atoms with Crippen molar-refractivity contribution in [3.63, 3.8) is 0 Å². The van der Waals surface area contributed by atoms with Crippen LogP contribution in [0, 0.1) is 5.92 Å². The Balaban J connectivity index is 1.58. The molecule has 1 atom stereocenters. The van der Waals surface area contributed by atoms with E-state index in [1.165, 1.54) is 0 Å². The molecule has 0 spiro atoms. The SMILES string of the molecule is O=C1CC(=O)N(CC2CC(=O)N(C3CC3)C2)C1. The predicted octanol–water partition coefficient (Wildman–Crippen LogP) is -0.201. The lowest BCUT2D eigenvalue weighted by atomic mass is 10.1. The molecule has 1 saturated carbocycles. The molecule has 0 radical (unpaired) electrons. The summed E-state index contributed by atoms with van der Waals surface area (Å²) in [6.07, 6.45) is 2.83. The molecule has 2 heterocycles. The molecule has 1 unspecified atom stereocenters. The molecule has 0 aromatic carbocycles. The maximum absolute atomic E-state index is 11.7. The Morgan fingerprint density at radius 1 is 1.12 bits per heavy atom. The first-order chi connectivity index (χ1) is 8.13. The molecule has 0 aromatic heterocycles.